The zero-order valence-corrected chi connectivity index (χ0v) is 13.3. The highest BCUT2D eigenvalue weighted by Crippen LogP contribution is 2.26. The second-order valence-corrected chi connectivity index (χ2v) is 5.77. The summed E-state index contributed by atoms with van der Waals surface area (Å²) < 4.78 is 15.6. The Bertz CT molecular complexity index is 606. The van der Waals surface area contributed by atoms with E-state index >= 15 is 0 Å². The Morgan fingerprint density at radius 1 is 1.29 bits per heavy atom. The van der Waals surface area contributed by atoms with Crippen LogP contribution in [0.4, 0.5) is 4.39 Å². The number of rotatable bonds is 6. The van der Waals surface area contributed by atoms with Gasteiger partial charge in [-0.25, -0.2) is 9.37 Å². The van der Waals surface area contributed by atoms with Crippen molar-refractivity contribution in [2.24, 2.45) is 5.73 Å². The fourth-order valence-corrected chi connectivity index (χ4v) is 2.71. The van der Waals surface area contributed by atoms with Crippen LogP contribution in [0.25, 0.3) is 11.0 Å². The number of hydrogen-bond acceptors (Lipinski definition) is 3. The zero-order valence-electron chi connectivity index (χ0n) is 13.3. The monoisotopic (exact) mass is 292 g/mol. The minimum atomic E-state index is -0.253. The predicted molar refractivity (Wildman–Crippen MR) is 84.7 cm³/mol. The first-order valence-electron chi connectivity index (χ1n) is 7.55. The van der Waals surface area contributed by atoms with E-state index in [0.717, 1.165) is 24.2 Å². The van der Waals surface area contributed by atoms with E-state index in [1.165, 1.54) is 12.1 Å². The van der Waals surface area contributed by atoms with E-state index in [1.54, 1.807) is 6.07 Å². The van der Waals surface area contributed by atoms with Gasteiger partial charge in [-0.15, -0.1) is 0 Å². The molecule has 2 aromatic rings. The van der Waals surface area contributed by atoms with Crippen LogP contribution in [0.5, 0.6) is 0 Å². The standard InChI is InChI=1S/C16H25FN4/c1-5-12(18)10-21-15-8-7-11(17)9-13(15)19-16(21)14(6-2)20(3)4/h7-9,12,14H,5-6,10,18H2,1-4H3. The highest BCUT2D eigenvalue weighted by atomic mass is 19.1. The van der Waals surface area contributed by atoms with Crippen LogP contribution in [0.15, 0.2) is 18.2 Å². The summed E-state index contributed by atoms with van der Waals surface area (Å²) in [6.07, 6.45) is 1.85. The van der Waals surface area contributed by atoms with Crippen LogP contribution in [0, 0.1) is 5.82 Å². The molecule has 2 rings (SSSR count). The van der Waals surface area contributed by atoms with E-state index in [2.05, 4.69) is 28.3 Å². The molecule has 0 amide bonds. The Labute approximate surface area is 125 Å². The van der Waals surface area contributed by atoms with Crippen molar-refractivity contribution < 1.29 is 4.39 Å². The zero-order chi connectivity index (χ0) is 15.6. The second kappa shape index (κ2) is 6.54. The molecule has 2 unspecified atom stereocenters. The summed E-state index contributed by atoms with van der Waals surface area (Å²) in [5.74, 6) is 0.711. The molecule has 5 heteroatoms. The number of imidazole rings is 1. The van der Waals surface area contributed by atoms with Crippen molar-refractivity contribution in [2.45, 2.75) is 45.3 Å². The molecule has 0 saturated heterocycles. The van der Waals surface area contributed by atoms with Gasteiger partial charge < -0.3 is 10.3 Å². The number of aromatic nitrogens is 2. The van der Waals surface area contributed by atoms with Gasteiger partial charge >= 0.3 is 0 Å². The number of nitrogens with two attached hydrogens (primary N) is 1. The first-order valence-corrected chi connectivity index (χ1v) is 7.55. The van der Waals surface area contributed by atoms with Gasteiger partial charge in [0, 0.05) is 18.7 Å². The largest absolute Gasteiger partial charge is 0.326 e. The molecule has 0 saturated carbocycles. The number of halogens is 1. The summed E-state index contributed by atoms with van der Waals surface area (Å²) in [6.45, 7) is 4.92. The van der Waals surface area contributed by atoms with Crippen molar-refractivity contribution in [3.63, 3.8) is 0 Å². The first-order chi connectivity index (χ1) is 9.97. The summed E-state index contributed by atoms with van der Waals surface area (Å²) in [4.78, 5) is 6.82. The van der Waals surface area contributed by atoms with Gasteiger partial charge in [0.05, 0.1) is 17.1 Å². The van der Waals surface area contributed by atoms with Gasteiger partial charge in [-0.05, 0) is 39.1 Å². The molecule has 1 heterocycles. The Hall–Kier alpha value is -1.46. The van der Waals surface area contributed by atoms with Crippen molar-refractivity contribution in [3.05, 3.63) is 29.8 Å². The van der Waals surface area contributed by atoms with E-state index in [-0.39, 0.29) is 17.9 Å². The SMILES string of the molecule is CCC(N)Cn1c(C(CC)N(C)C)nc2cc(F)ccc21. The number of benzene rings is 1. The van der Waals surface area contributed by atoms with E-state index in [9.17, 15) is 4.39 Å². The third-order valence-electron chi connectivity index (χ3n) is 3.99. The molecule has 0 spiro atoms. The molecular weight excluding hydrogens is 267 g/mol. The van der Waals surface area contributed by atoms with Crippen LogP contribution in [-0.2, 0) is 6.54 Å². The molecule has 1 aromatic heterocycles. The fourth-order valence-electron chi connectivity index (χ4n) is 2.71. The maximum atomic E-state index is 13.5. The summed E-state index contributed by atoms with van der Waals surface area (Å²) in [5, 5.41) is 0. The molecule has 0 fully saturated rings. The lowest BCUT2D eigenvalue weighted by atomic mass is 10.1. The molecule has 1 aromatic carbocycles. The van der Waals surface area contributed by atoms with Crippen LogP contribution in [0.2, 0.25) is 0 Å². The van der Waals surface area contributed by atoms with Crippen LogP contribution in [0.1, 0.15) is 38.6 Å². The van der Waals surface area contributed by atoms with Crippen LogP contribution < -0.4 is 5.73 Å². The Morgan fingerprint density at radius 2 is 2.00 bits per heavy atom. The molecule has 21 heavy (non-hydrogen) atoms. The van der Waals surface area contributed by atoms with Gasteiger partial charge in [-0.2, -0.15) is 0 Å². The molecule has 0 aliphatic heterocycles. The van der Waals surface area contributed by atoms with E-state index in [0.29, 0.717) is 12.1 Å². The lowest BCUT2D eigenvalue weighted by Gasteiger charge is -2.24. The van der Waals surface area contributed by atoms with Crippen molar-refractivity contribution in [2.75, 3.05) is 14.1 Å². The maximum absolute atomic E-state index is 13.5. The van der Waals surface area contributed by atoms with Crippen molar-refractivity contribution >= 4 is 11.0 Å². The third-order valence-corrected chi connectivity index (χ3v) is 3.99. The topological polar surface area (TPSA) is 47.1 Å². The first kappa shape index (κ1) is 15.9. The highest BCUT2D eigenvalue weighted by Gasteiger charge is 2.21. The van der Waals surface area contributed by atoms with Crippen molar-refractivity contribution in [1.29, 1.82) is 0 Å². The maximum Gasteiger partial charge on any atom is 0.127 e. The van der Waals surface area contributed by atoms with Crippen LogP contribution in [0.3, 0.4) is 0 Å². The molecular formula is C16H25FN4. The van der Waals surface area contributed by atoms with E-state index < -0.39 is 0 Å². The van der Waals surface area contributed by atoms with Crippen molar-refractivity contribution in [1.82, 2.24) is 14.5 Å². The molecule has 0 bridgehead atoms. The van der Waals surface area contributed by atoms with Gasteiger partial charge in [0.15, 0.2) is 0 Å². The Morgan fingerprint density at radius 3 is 2.57 bits per heavy atom. The minimum absolute atomic E-state index is 0.0749. The number of hydrogen-bond donors (Lipinski definition) is 1. The Kier molecular flexibility index (Phi) is 4.96. The third kappa shape index (κ3) is 3.24. The normalized spacial score (nSPS) is 14.8. The lowest BCUT2D eigenvalue weighted by Crippen LogP contribution is -2.29. The van der Waals surface area contributed by atoms with E-state index in [4.69, 9.17) is 5.73 Å². The van der Waals surface area contributed by atoms with Gasteiger partial charge in [0.25, 0.3) is 0 Å². The predicted octanol–water partition coefficient (Wildman–Crippen LogP) is 2.93. The van der Waals surface area contributed by atoms with Gasteiger partial charge in [0.2, 0.25) is 0 Å². The van der Waals surface area contributed by atoms with Crippen LogP contribution >= 0.6 is 0 Å². The lowest BCUT2D eigenvalue weighted by molar-refractivity contribution is 0.271. The van der Waals surface area contributed by atoms with Gasteiger partial charge in [-0.3, -0.25) is 4.90 Å². The summed E-state index contributed by atoms with van der Waals surface area (Å²) in [5.41, 5.74) is 7.79. The minimum Gasteiger partial charge on any atom is -0.326 e. The molecule has 116 valence electrons. The average Bonchev–Trinajstić information content (AvgIpc) is 2.76. The van der Waals surface area contributed by atoms with Crippen molar-refractivity contribution in [3.8, 4) is 0 Å². The quantitative estimate of drug-likeness (QED) is 0.890. The molecule has 4 nitrogen and oxygen atoms in total. The fraction of sp³-hybridized carbons (Fsp3) is 0.562. The smallest absolute Gasteiger partial charge is 0.127 e. The molecule has 2 atom stereocenters. The number of fused-ring (bicyclic) bond motifs is 1. The summed E-state index contributed by atoms with van der Waals surface area (Å²) in [6, 6.07) is 5.05. The Balaban J connectivity index is 2.58. The summed E-state index contributed by atoms with van der Waals surface area (Å²) >= 11 is 0. The molecule has 0 radical (unpaired) electrons. The molecule has 0 aliphatic rings. The summed E-state index contributed by atoms with van der Waals surface area (Å²) in [7, 11) is 4.08. The average molecular weight is 292 g/mol. The second-order valence-electron chi connectivity index (χ2n) is 5.77. The van der Waals surface area contributed by atoms with Gasteiger partial charge in [0.1, 0.15) is 11.6 Å². The molecule has 2 N–H and O–H groups in total. The van der Waals surface area contributed by atoms with Gasteiger partial charge in [-0.1, -0.05) is 13.8 Å². The molecule has 0 aliphatic carbocycles. The number of nitrogens with zero attached hydrogens (tertiary/aromatic N) is 3. The van der Waals surface area contributed by atoms with Crippen LogP contribution in [-0.4, -0.2) is 34.6 Å². The highest BCUT2D eigenvalue weighted by molar-refractivity contribution is 5.76. The van der Waals surface area contributed by atoms with E-state index in [1.807, 2.05) is 14.1 Å².